The maximum atomic E-state index is 11.2. The molecule has 0 heterocycles. The van der Waals surface area contributed by atoms with Crippen molar-refractivity contribution >= 4 is 11.7 Å². The van der Waals surface area contributed by atoms with Gasteiger partial charge in [-0.25, -0.2) is 4.79 Å². The van der Waals surface area contributed by atoms with Gasteiger partial charge in [-0.1, -0.05) is 45.1 Å². The number of carbonyl (C=O) groups is 1. The maximum Gasteiger partial charge on any atom is 0.346 e. The van der Waals surface area contributed by atoms with E-state index in [0.717, 1.165) is 19.3 Å². The lowest BCUT2D eigenvalue weighted by Gasteiger charge is -2.09. The minimum Gasteiger partial charge on any atom is -0.492 e. The Morgan fingerprint density at radius 3 is 2.52 bits per heavy atom. The first kappa shape index (κ1) is 16.9. The molecule has 0 saturated heterocycles. The number of nitro groups is 1. The first-order chi connectivity index (χ1) is 10.1. The molecular weight excluding hydrogens is 274 g/mol. The molecule has 0 aliphatic rings. The molecular formula is C15H21NO5. The van der Waals surface area contributed by atoms with Crippen LogP contribution in [0.4, 0.5) is 5.69 Å². The number of nitrogens with zero attached hydrogens (tertiary/aromatic N) is 1. The van der Waals surface area contributed by atoms with E-state index in [2.05, 4.69) is 6.92 Å². The zero-order valence-electron chi connectivity index (χ0n) is 12.2. The van der Waals surface area contributed by atoms with Gasteiger partial charge in [-0.3, -0.25) is 10.1 Å². The minimum absolute atomic E-state index is 0.0604. The van der Waals surface area contributed by atoms with E-state index in [0.29, 0.717) is 6.61 Å². The Morgan fingerprint density at radius 1 is 1.24 bits per heavy atom. The van der Waals surface area contributed by atoms with E-state index in [-0.39, 0.29) is 11.3 Å². The van der Waals surface area contributed by atoms with Crippen molar-refractivity contribution in [3.63, 3.8) is 0 Å². The molecule has 1 aromatic carbocycles. The van der Waals surface area contributed by atoms with Gasteiger partial charge in [0, 0.05) is 6.07 Å². The molecule has 0 fully saturated rings. The summed E-state index contributed by atoms with van der Waals surface area (Å²) in [5.74, 6) is -1.29. The fourth-order valence-corrected chi connectivity index (χ4v) is 2.07. The number of nitro benzene ring substituents is 1. The molecule has 0 aliphatic heterocycles. The highest BCUT2D eigenvalue weighted by Crippen LogP contribution is 2.28. The lowest BCUT2D eigenvalue weighted by Crippen LogP contribution is -2.07. The predicted molar refractivity (Wildman–Crippen MR) is 78.9 cm³/mol. The van der Waals surface area contributed by atoms with E-state index in [1.54, 1.807) is 0 Å². The van der Waals surface area contributed by atoms with Gasteiger partial charge in [0.15, 0.2) is 5.56 Å². The first-order valence-corrected chi connectivity index (χ1v) is 7.21. The maximum absolute atomic E-state index is 11.2. The summed E-state index contributed by atoms with van der Waals surface area (Å²) < 4.78 is 5.41. The molecule has 0 amide bonds. The van der Waals surface area contributed by atoms with Crippen molar-refractivity contribution in [3.05, 3.63) is 33.9 Å². The smallest absolute Gasteiger partial charge is 0.346 e. The second-order valence-corrected chi connectivity index (χ2v) is 4.83. The number of benzene rings is 1. The van der Waals surface area contributed by atoms with Crippen molar-refractivity contribution in [3.8, 4) is 5.75 Å². The van der Waals surface area contributed by atoms with Gasteiger partial charge in [-0.15, -0.1) is 0 Å². The third-order valence-corrected chi connectivity index (χ3v) is 3.17. The van der Waals surface area contributed by atoms with Crippen LogP contribution < -0.4 is 4.74 Å². The van der Waals surface area contributed by atoms with Gasteiger partial charge in [-0.2, -0.15) is 0 Å². The molecule has 6 nitrogen and oxygen atoms in total. The van der Waals surface area contributed by atoms with Crippen LogP contribution in [0.25, 0.3) is 0 Å². The summed E-state index contributed by atoms with van der Waals surface area (Å²) in [6.45, 7) is 2.52. The van der Waals surface area contributed by atoms with Crippen molar-refractivity contribution in [1.29, 1.82) is 0 Å². The molecule has 0 saturated carbocycles. The summed E-state index contributed by atoms with van der Waals surface area (Å²) in [5.41, 5.74) is -0.823. The van der Waals surface area contributed by atoms with Crippen LogP contribution in [0, 0.1) is 10.1 Å². The van der Waals surface area contributed by atoms with Crippen LogP contribution in [0.1, 0.15) is 55.8 Å². The summed E-state index contributed by atoms with van der Waals surface area (Å²) in [7, 11) is 0. The molecule has 21 heavy (non-hydrogen) atoms. The Kier molecular flexibility index (Phi) is 7.21. The second-order valence-electron chi connectivity index (χ2n) is 4.83. The molecule has 0 spiro atoms. The Morgan fingerprint density at radius 2 is 1.90 bits per heavy atom. The fourth-order valence-electron chi connectivity index (χ4n) is 2.07. The van der Waals surface area contributed by atoms with Gasteiger partial charge in [0.2, 0.25) is 0 Å². The highest BCUT2D eigenvalue weighted by atomic mass is 16.6. The lowest BCUT2D eigenvalue weighted by atomic mass is 10.1. The Hall–Kier alpha value is -2.11. The summed E-state index contributed by atoms with van der Waals surface area (Å²) in [6.07, 6.45) is 6.54. The van der Waals surface area contributed by atoms with Gasteiger partial charge in [0.1, 0.15) is 5.75 Å². The van der Waals surface area contributed by atoms with Crippen LogP contribution in [0.5, 0.6) is 5.75 Å². The number of hydrogen-bond donors (Lipinski definition) is 1. The number of ether oxygens (including phenoxy) is 1. The SMILES string of the molecule is CCCCCCCCOc1cccc([N+](=O)[O-])c1C(=O)O. The number of aromatic carboxylic acids is 1. The molecule has 1 aromatic rings. The van der Waals surface area contributed by atoms with Gasteiger partial charge >= 0.3 is 5.97 Å². The highest BCUT2D eigenvalue weighted by molar-refractivity contribution is 5.95. The van der Waals surface area contributed by atoms with Gasteiger partial charge in [0.25, 0.3) is 5.69 Å². The molecule has 0 unspecified atom stereocenters. The van der Waals surface area contributed by atoms with E-state index >= 15 is 0 Å². The molecule has 0 aromatic heterocycles. The number of unbranched alkanes of at least 4 members (excludes halogenated alkanes) is 5. The Labute approximate surface area is 123 Å². The summed E-state index contributed by atoms with van der Waals surface area (Å²) >= 11 is 0. The van der Waals surface area contributed by atoms with E-state index in [1.807, 2.05) is 0 Å². The molecule has 0 atom stereocenters. The van der Waals surface area contributed by atoms with Crippen molar-refractivity contribution in [2.24, 2.45) is 0 Å². The average Bonchev–Trinajstić information content (AvgIpc) is 2.45. The highest BCUT2D eigenvalue weighted by Gasteiger charge is 2.24. The van der Waals surface area contributed by atoms with E-state index in [1.165, 1.54) is 37.5 Å². The van der Waals surface area contributed by atoms with E-state index < -0.39 is 16.6 Å². The first-order valence-electron chi connectivity index (χ1n) is 7.21. The summed E-state index contributed by atoms with van der Waals surface area (Å²) in [6, 6.07) is 4.05. The monoisotopic (exact) mass is 295 g/mol. The summed E-state index contributed by atoms with van der Waals surface area (Å²) in [4.78, 5) is 21.3. The molecule has 116 valence electrons. The van der Waals surface area contributed by atoms with Crippen LogP contribution in [0.3, 0.4) is 0 Å². The zero-order valence-corrected chi connectivity index (χ0v) is 12.2. The number of carboxylic acid groups (broad SMARTS) is 1. The number of carboxylic acids is 1. The van der Waals surface area contributed by atoms with Crippen molar-refractivity contribution in [2.45, 2.75) is 45.4 Å². The molecule has 0 aliphatic carbocycles. The lowest BCUT2D eigenvalue weighted by molar-refractivity contribution is -0.385. The van der Waals surface area contributed by atoms with Crippen LogP contribution in [0.15, 0.2) is 18.2 Å². The van der Waals surface area contributed by atoms with Crippen LogP contribution in [-0.2, 0) is 0 Å². The van der Waals surface area contributed by atoms with Crippen LogP contribution >= 0.6 is 0 Å². The molecule has 1 N–H and O–H groups in total. The van der Waals surface area contributed by atoms with E-state index in [4.69, 9.17) is 9.84 Å². The third kappa shape index (κ3) is 5.41. The second kappa shape index (κ2) is 8.94. The predicted octanol–water partition coefficient (Wildman–Crippen LogP) is 4.03. The topological polar surface area (TPSA) is 89.7 Å². The average molecular weight is 295 g/mol. The van der Waals surface area contributed by atoms with Crippen molar-refractivity contribution < 1.29 is 19.6 Å². The third-order valence-electron chi connectivity index (χ3n) is 3.17. The standard InChI is InChI=1S/C15H21NO5/c1-2-3-4-5-6-7-11-21-13-10-8-9-12(16(19)20)14(13)15(17)18/h8-10H,2-7,11H2,1H3,(H,17,18). The molecule has 1 rings (SSSR count). The van der Waals surface area contributed by atoms with Gasteiger partial charge in [-0.05, 0) is 12.5 Å². The van der Waals surface area contributed by atoms with Crippen LogP contribution in [-0.4, -0.2) is 22.6 Å². The number of rotatable bonds is 10. The summed E-state index contributed by atoms with van der Waals surface area (Å²) in [5, 5.41) is 20.0. The van der Waals surface area contributed by atoms with E-state index in [9.17, 15) is 14.9 Å². The fraction of sp³-hybridized carbons (Fsp3) is 0.533. The normalized spacial score (nSPS) is 10.3. The number of hydrogen-bond acceptors (Lipinski definition) is 4. The van der Waals surface area contributed by atoms with Gasteiger partial charge in [0.05, 0.1) is 11.5 Å². The quantitative estimate of drug-likeness (QED) is 0.400. The van der Waals surface area contributed by atoms with Gasteiger partial charge < -0.3 is 9.84 Å². The zero-order chi connectivity index (χ0) is 15.7. The molecule has 0 bridgehead atoms. The van der Waals surface area contributed by atoms with Crippen molar-refractivity contribution in [1.82, 2.24) is 0 Å². The van der Waals surface area contributed by atoms with Crippen LogP contribution in [0.2, 0.25) is 0 Å². The Balaban J connectivity index is 2.57. The minimum atomic E-state index is -1.35. The molecule has 6 heteroatoms. The molecule has 0 radical (unpaired) electrons. The van der Waals surface area contributed by atoms with Crippen molar-refractivity contribution in [2.75, 3.05) is 6.61 Å². The largest absolute Gasteiger partial charge is 0.492 e. The Bertz CT molecular complexity index is 487.